The molecule has 0 aliphatic rings. The Hall–Kier alpha value is -1.89. The van der Waals surface area contributed by atoms with Gasteiger partial charge in [0.05, 0.1) is 0 Å². The fourth-order valence-corrected chi connectivity index (χ4v) is 1.88. The van der Waals surface area contributed by atoms with Crippen molar-refractivity contribution in [3.63, 3.8) is 0 Å². The van der Waals surface area contributed by atoms with Gasteiger partial charge in [0.15, 0.2) is 5.69 Å². The molecule has 0 fully saturated rings. The monoisotopic (exact) mass is 287 g/mol. The number of alkyl halides is 3. The van der Waals surface area contributed by atoms with Gasteiger partial charge >= 0.3 is 6.18 Å². The Kier molecular flexibility index (Phi) is 3.80. The highest BCUT2D eigenvalue weighted by Gasteiger charge is 2.34. The molecule has 0 spiro atoms. The third-order valence-corrected chi connectivity index (χ3v) is 3.03. The smallest absolute Gasteiger partial charge is 0.313 e. The summed E-state index contributed by atoms with van der Waals surface area (Å²) >= 11 is 0. The van der Waals surface area contributed by atoms with Crippen molar-refractivity contribution in [3.05, 3.63) is 47.5 Å². The highest BCUT2D eigenvalue weighted by molar-refractivity contribution is 5.43. The van der Waals surface area contributed by atoms with E-state index in [9.17, 15) is 17.6 Å². The molecule has 0 saturated carbocycles. The van der Waals surface area contributed by atoms with E-state index in [-0.39, 0.29) is 11.7 Å². The van der Waals surface area contributed by atoms with Gasteiger partial charge in [-0.3, -0.25) is 0 Å². The quantitative estimate of drug-likeness (QED) is 0.878. The van der Waals surface area contributed by atoms with E-state index >= 15 is 0 Å². The van der Waals surface area contributed by atoms with Gasteiger partial charge in [-0.15, -0.1) is 0 Å². The summed E-state index contributed by atoms with van der Waals surface area (Å²) in [5.41, 5.74) is -0.502. The molecule has 1 heterocycles. The Balaban J connectivity index is 2.55. The van der Waals surface area contributed by atoms with Crippen LogP contribution in [0.5, 0.6) is 0 Å². The van der Waals surface area contributed by atoms with Crippen LogP contribution in [0.4, 0.5) is 17.6 Å². The largest absolute Gasteiger partial charge is 0.435 e. The number of para-hydroxylation sites is 1. The van der Waals surface area contributed by atoms with Gasteiger partial charge < -0.3 is 5.32 Å². The van der Waals surface area contributed by atoms with E-state index in [1.165, 1.54) is 12.1 Å². The van der Waals surface area contributed by atoms with E-state index in [1.807, 2.05) is 0 Å². The number of benzene rings is 1. The van der Waals surface area contributed by atoms with Gasteiger partial charge in [-0.2, -0.15) is 18.3 Å². The summed E-state index contributed by atoms with van der Waals surface area (Å²) < 4.78 is 52.6. The summed E-state index contributed by atoms with van der Waals surface area (Å²) in [7, 11) is 1.68. The normalized spacial score (nSPS) is 13.5. The zero-order chi connectivity index (χ0) is 14.9. The number of aromatic nitrogens is 2. The van der Waals surface area contributed by atoms with Gasteiger partial charge in [-0.05, 0) is 31.7 Å². The van der Waals surface area contributed by atoms with Crippen LogP contribution < -0.4 is 5.32 Å². The van der Waals surface area contributed by atoms with Crippen LogP contribution in [0.2, 0.25) is 0 Å². The molecule has 0 saturated heterocycles. The van der Waals surface area contributed by atoms with Crippen molar-refractivity contribution >= 4 is 0 Å². The topological polar surface area (TPSA) is 29.9 Å². The first kappa shape index (κ1) is 14.5. The minimum Gasteiger partial charge on any atom is -0.313 e. The Morgan fingerprint density at radius 2 is 1.95 bits per heavy atom. The zero-order valence-corrected chi connectivity index (χ0v) is 10.9. The lowest BCUT2D eigenvalue weighted by molar-refractivity contribution is -0.141. The molecule has 0 amide bonds. The van der Waals surface area contributed by atoms with E-state index in [0.29, 0.717) is 5.56 Å². The van der Waals surface area contributed by atoms with E-state index in [0.717, 1.165) is 16.9 Å². The molecule has 0 aliphatic carbocycles. The van der Waals surface area contributed by atoms with E-state index < -0.39 is 17.7 Å². The summed E-state index contributed by atoms with van der Waals surface area (Å²) in [6, 6.07) is 4.94. The first-order valence-electron chi connectivity index (χ1n) is 5.93. The standard InChI is InChI=1S/C13H13F4N3/c1-8(18-2)9-4-3-5-10(14)12(9)20-7-6-11(19-20)13(15,16)17/h3-8,18H,1-2H3. The lowest BCUT2D eigenvalue weighted by atomic mass is 10.1. The summed E-state index contributed by atoms with van der Waals surface area (Å²) in [4.78, 5) is 0. The van der Waals surface area contributed by atoms with Crippen molar-refractivity contribution in [1.82, 2.24) is 15.1 Å². The van der Waals surface area contributed by atoms with Crippen molar-refractivity contribution in [3.8, 4) is 5.69 Å². The second-order valence-corrected chi connectivity index (χ2v) is 4.33. The predicted octanol–water partition coefficient (Wildman–Crippen LogP) is 3.31. The number of rotatable bonds is 3. The fraction of sp³-hybridized carbons (Fsp3) is 0.308. The molecule has 108 valence electrons. The minimum absolute atomic E-state index is 0.0184. The Labute approximate surface area is 113 Å². The van der Waals surface area contributed by atoms with Crippen molar-refractivity contribution < 1.29 is 17.6 Å². The van der Waals surface area contributed by atoms with Crippen LogP contribution in [-0.4, -0.2) is 16.8 Å². The molecule has 0 radical (unpaired) electrons. The number of nitrogens with one attached hydrogen (secondary N) is 1. The number of halogens is 4. The summed E-state index contributed by atoms with van der Waals surface area (Å²) in [5.74, 6) is -0.624. The van der Waals surface area contributed by atoms with Crippen LogP contribution in [0.3, 0.4) is 0 Å². The van der Waals surface area contributed by atoms with Crippen LogP contribution in [0.25, 0.3) is 5.69 Å². The van der Waals surface area contributed by atoms with Gasteiger partial charge in [-0.25, -0.2) is 9.07 Å². The SMILES string of the molecule is CNC(C)c1cccc(F)c1-n1ccc(C(F)(F)F)n1. The molecule has 1 aromatic carbocycles. The van der Waals surface area contributed by atoms with Crippen molar-refractivity contribution in [2.24, 2.45) is 0 Å². The third kappa shape index (κ3) is 2.67. The maximum absolute atomic E-state index is 14.0. The highest BCUT2D eigenvalue weighted by atomic mass is 19.4. The zero-order valence-electron chi connectivity index (χ0n) is 10.9. The first-order valence-corrected chi connectivity index (χ1v) is 5.93. The molecule has 7 heteroatoms. The highest BCUT2D eigenvalue weighted by Crippen LogP contribution is 2.29. The summed E-state index contributed by atoms with van der Waals surface area (Å²) in [5, 5.41) is 6.34. The molecular formula is C13H13F4N3. The van der Waals surface area contributed by atoms with Gasteiger partial charge in [0, 0.05) is 12.2 Å². The maximum atomic E-state index is 14.0. The van der Waals surface area contributed by atoms with Crippen molar-refractivity contribution in [2.45, 2.75) is 19.1 Å². The van der Waals surface area contributed by atoms with Crippen LogP contribution in [-0.2, 0) is 6.18 Å². The second kappa shape index (κ2) is 5.24. The molecule has 1 unspecified atom stereocenters. The van der Waals surface area contributed by atoms with Crippen molar-refractivity contribution in [2.75, 3.05) is 7.05 Å². The average Bonchev–Trinajstić information content (AvgIpc) is 2.86. The molecular weight excluding hydrogens is 274 g/mol. The van der Waals surface area contributed by atoms with Crippen LogP contribution >= 0.6 is 0 Å². The number of hydrogen-bond acceptors (Lipinski definition) is 2. The van der Waals surface area contributed by atoms with E-state index in [4.69, 9.17) is 0 Å². The fourth-order valence-electron chi connectivity index (χ4n) is 1.88. The first-order chi connectivity index (χ1) is 9.34. The summed E-state index contributed by atoms with van der Waals surface area (Å²) in [6.07, 6.45) is -3.45. The minimum atomic E-state index is -4.55. The van der Waals surface area contributed by atoms with Crippen LogP contribution in [0.15, 0.2) is 30.5 Å². The Morgan fingerprint density at radius 1 is 1.25 bits per heavy atom. The molecule has 3 nitrogen and oxygen atoms in total. The molecule has 1 aromatic heterocycles. The lowest BCUT2D eigenvalue weighted by Crippen LogP contribution is -2.16. The average molecular weight is 287 g/mol. The van der Waals surface area contributed by atoms with Gasteiger partial charge in [-0.1, -0.05) is 12.1 Å². The van der Waals surface area contributed by atoms with Crippen LogP contribution in [0.1, 0.15) is 24.2 Å². The van der Waals surface area contributed by atoms with Gasteiger partial charge in [0.25, 0.3) is 0 Å². The molecule has 0 bridgehead atoms. The summed E-state index contributed by atoms with van der Waals surface area (Å²) in [6.45, 7) is 1.78. The lowest BCUT2D eigenvalue weighted by Gasteiger charge is -2.16. The van der Waals surface area contributed by atoms with Gasteiger partial charge in [0.1, 0.15) is 11.5 Å². The Morgan fingerprint density at radius 3 is 2.50 bits per heavy atom. The number of nitrogens with zero attached hydrogens (tertiary/aromatic N) is 2. The molecule has 0 aliphatic heterocycles. The van der Waals surface area contributed by atoms with E-state index in [2.05, 4.69) is 10.4 Å². The molecule has 2 aromatic rings. The maximum Gasteiger partial charge on any atom is 0.435 e. The molecule has 1 atom stereocenters. The predicted molar refractivity (Wildman–Crippen MR) is 66.0 cm³/mol. The molecule has 1 N–H and O–H groups in total. The molecule has 20 heavy (non-hydrogen) atoms. The van der Waals surface area contributed by atoms with Crippen LogP contribution in [0, 0.1) is 5.82 Å². The van der Waals surface area contributed by atoms with Gasteiger partial charge in [0.2, 0.25) is 0 Å². The molecule has 2 rings (SSSR count). The number of hydrogen-bond donors (Lipinski definition) is 1. The van der Waals surface area contributed by atoms with E-state index in [1.54, 1.807) is 20.0 Å². The second-order valence-electron chi connectivity index (χ2n) is 4.33. The van der Waals surface area contributed by atoms with Crippen molar-refractivity contribution in [1.29, 1.82) is 0 Å². The third-order valence-electron chi connectivity index (χ3n) is 3.03. The Bertz CT molecular complexity index is 604.